The number of cyclic esters (lactones) is 1. The summed E-state index contributed by atoms with van der Waals surface area (Å²) in [6.45, 7) is 0.283. The van der Waals surface area contributed by atoms with Gasteiger partial charge in [-0.15, -0.1) is 11.3 Å². The van der Waals surface area contributed by atoms with Gasteiger partial charge in [-0.05, 0) is 11.4 Å². The van der Waals surface area contributed by atoms with Crippen molar-refractivity contribution in [1.82, 2.24) is 0 Å². The molecule has 0 aromatic carbocycles. The van der Waals surface area contributed by atoms with Crippen molar-refractivity contribution in [2.24, 2.45) is 0 Å². The number of carbonyl (C=O) groups excluding carboxylic acids is 3. The fraction of sp³-hybridized carbons (Fsp3) is 0.417. The molecule has 0 unspecified atom stereocenters. The lowest BCUT2D eigenvalue weighted by atomic mass is 10.2. The maximum absolute atomic E-state index is 11.6. The Morgan fingerprint density at radius 3 is 2.89 bits per heavy atom. The molecule has 1 aliphatic rings. The van der Waals surface area contributed by atoms with Crippen LogP contribution in [0, 0.1) is 0 Å². The van der Waals surface area contributed by atoms with E-state index in [1.807, 2.05) is 0 Å². The number of ether oxygens (including phenoxy) is 2. The molecule has 5 nitrogen and oxygen atoms in total. The molecule has 1 atom stereocenters. The van der Waals surface area contributed by atoms with Crippen LogP contribution in [0.3, 0.4) is 0 Å². The van der Waals surface area contributed by atoms with Gasteiger partial charge in [-0.2, -0.15) is 0 Å². The van der Waals surface area contributed by atoms with E-state index >= 15 is 0 Å². The standard InChI is InChI=1S/C12H12O5S/c13-8(10-2-1-7-18-10)3-4-11(14)17-9-5-6-16-12(9)15/h1-2,7,9H,3-6H2/t9-/m0/s1. The summed E-state index contributed by atoms with van der Waals surface area (Å²) in [6, 6.07) is 3.50. The summed E-state index contributed by atoms with van der Waals surface area (Å²) in [5, 5.41) is 1.81. The number of hydrogen-bond donors (Lipinski definition) is 0. The Balaban J connectivity index is 1.75. The van der Waals surface area contributed by atoms with E-state index in [4.69, 9.17) is 4.74 Å². The third-order valence-electron chi connectivity index (χ3n) is 2.51. The minimum absolute atomic E-state index is 0.0134. The van der Waals surface area contributed by atoms with Crippen LogP contribution in [0.4, 0.5) is 0 Å². The number of thiophene rings is 1. The van der Waals surface area contributed by atoms with Gasteiger partial charge < -0.3 is 9.47 Å². The number of carbonyl (C=O) groups is 3. The van der Waals surface area contributed by atoms with Crippen molar-refractivity contribution in [1.29, 1.82) is 0 Å². The van der Waals surface area contributed by atoms with Crippen LogP contribution in [-0.2, 0) is 19.1 Å². The van der Waals surface area contributed by atoms with Crippen molar-refractivity contribution in [2.45, 2.75) is 25.4 Å². The highest BCUT2D eigenvalue weighted by atomic mass is 32.1. The van der Waals surface area contributed by atoms with E-state index in [0.29, 0.717) is 11.3 Å². The maximum Gasteiger partial charge on any atom is 0.347 e. The van der Waals surface area contributed by atoms with Crippen LogP contribution >= 0.6 is 11.3 Å². The first-order chi connectivity index (χ1) is 8.66. The largest absolute Gasteiger partial charge is 0.463 e. The van der Waals surface area contributed by atoms with Gasteiger partial charge in [0.1, 0.15) is 0 Å². The van der Waals surface area contributed by atoms with Crippen LogP contribution in [0.2, 0.25) is 0 Å². The van der Waals surface area contributed by atoms with Crippen LogP contribution in [-0.4, -0.2) is 30.4 Å². The zero-order valence-corrected chi connectivity index (χ0v) is 10.4. The van der Waals surface area contributed by atoms with Crippen LogP contribution in [0.1, 0.15) is 28.9 Å². The number of esters is 2. The van der Waals surface area contributed by atoms with Crippen molar-refractivity contribution in [3.05, 3.63) is 22.4 Å². The first kappa shape index (κ1) is 12.8. The average Bonchev–Trinajstić information content (AvgIpc) is 2.99. The summed E-state index contributed by atoms with van der Waals surface area (Å²) in [4.78, 5) is 34.8. The molecule has 2 rings (SSSR count). The molecule has 1 aromatic rings. The van der Waals surface area contributed by atoms with Crippen molar-refractivity contribution in [3.63, 3.8) is 0 Å². The SMILES string of the molecule is O=C(CCC(=O)c1cccs1)O[C@H]1CCOC1=O. The highest BCUT2D eigenvalue weighted by Gasteiger charge is 2.30. The number of hydrogen-bond acceptors (Lipinski definition) is 6. The fourth-order valence-electron chi connectivity index (χ4n) is 1.58. The van der Waals surface area contributed by atoms with Gasteiger partial charge in [0.25, 0.3) is 0 Å². The summed E-state index contributed by atoms with van der Waals surface area (Å²) in [5.41, 5.74) is 0. The Kier molecular flexibility index (Phi) is 4.09. The topological polar surface area (TPSA) is 69.7 Å². The average molecular weight is 268 g/mol. The van der Waals surface area contributed by atoms with E-state index in [0.717, 1.165) is 0 Å². The maximum atomic E-state index is 11.6. The minimum Gasteiger partial charge on any atom is -0.463 e. The van der Waals surface area contributed by atoms with Crippen LogP contribution < -0.4 is 0 Å². The third-order valence-corrected chi connectivity index (χ3v) is 3.42. The van der Waals surface area contributed by atoms with Crippen LogP contribution in [0.5, 0.6) is 0 Å². The first-order valence-corrected chi connectivity index (χ1v) is 6.47. The molecule has 6 heteroatoms. The van der Waals surface area contributed by atoms with E-state index in [-0.39, 0.29) is 25.2 Å². The Morgan fingerprint density at radius 2 is 2.28 bits per heavy atom. The fourth-order valence-corrected chi connectivity index (χ4v) is 2.27. The van der Waals surface area contributed by atoms with Crippen molar-refractivity contribution < 1.29 is 23.9 Å². The van der Waals surface area contributed by atoms with E-state index in [9.17, 15) is 14.4 Å². The van der Waals surface area contributed by atoms with E-state index < -0.39 is 18.0 Å². The van der Waals surface area contributed by atoms with E-state index in [1.54, 1.807) is 17.5 Å². The van der Waals surface area contributed by atoms with Gasteiger partial charge in [0.2, 0.25) is 6.10 Å². The second-order valence-corrected chi connectivity index (χ2v) is 4.78. The van der Waals surface area contributed by atoms with Crippen LogP contribution in [0.25, 0.3) is 0 Å². The lowest BCUT2D eigenvalue weighted by molar-refractivity contribution is -0.160. The lowest BCUT2D eigenvalue weighted by Gasteiger charge is -2.07. The molecule has 0 N–H and O–H groups in total. The van der Waals surface area contributed by atoms with Gasteiger partial charge >= 0.3 is 11.9 Å². The zero-order valence-electron chi connectivity index (χ0n) is 9.59. The summed E-state index contributed by atoms with van der Waals surface area (Å²) < 4.78 is 9.60. The molecule has 0 radical (unpaired) electrons. The molecule has 0 bridgehead atoms. The predicted molar refractivity (Wildman–Crippen MR) is 63.3 cm³/mol. The Labute approximate surface area is 108 Å². The summed E-state index contributed by atoms with van der Waals surface area (Å²) in [5.74, 6) is -1.13. The number of Topliss-reactive ketones (excluding diaryl/α,β-unsaturated/α-hetero) is 1. The highest BCUT2D eigenvalue weighted by Crippen LogP contribution is 2.14. The monoisotopic (exact) mass is 268 g/mol. The number of ketones is 1. The van der Waals surface area contributed by atoms with Crippen molar-refractivity contribution >= 4 is 29.1 Å². The molecular weight excluding hydrogens is 256 g/mol. The molecule has 18 heavy (non-hydrogen) atoms. The first-order valence-electron chi connectivity index (χ1n) is 5.59. The van der Waals surface area contributed by atoms with Crippen molar-refractivity contribution in [2.75, 3.05) is 6.61 Å². The smallest absolute Gasteiger partial charge is 0.347 e. The molecule has 1 saturated heterocycles. The molecule has 1 aliphatic heterocycles. The van der Waals surface area contributed by atoms with Gasteiger partial charge in [0, 0.05) is 12.8 Å². The van der Waals surface area contributed by atoms with Gasteiger partial charge in [0.15, 0.2) is 5.78 Å². The lowest BCUT2D eigenvalue weighted by Crippen LogP contribution is -2.22. The molecule has 1 aromatic heterocycles. The molecule has 1 fully saturated rings. The number of rotatable bonds is 5. The molecular formula is C12H12O5S. The van der Waals surface area contributed by atoms with Gasteiger partial charge in [0.05, 0.1) is 17.9 Å². The molecule has 0 saturated carbocycles. The molecule has 96 valence electrons. The molecule has 2 heterocycles. The Bertz CT molecular complexity index is 451. The zero-order chi connectivity index (χ0) is 13.0. The van der Waals surface area contributed by atoms with Crippen LogP contribution in [0.15, 0.2) is 17.5 Å². The second-order valence-electron chi connectivity index (χ2n) is 3.84. The quantitative estimate of drug-likeness (QED) is 0.599. The van der Waals surface area contributed by atoms with Crippen molar-refractivity contribution in [3.8, 4) is 0 Å². The van der Waals surface area contributed by atoms with E-state index in [1.165, 1.54) is 11.3 Å². The summed E-state index contributed by atoms with van der Waals surface area (Å²) >= 11 is 1.34. The third kappa shape index (κ3) is 3.16. The van der Waals surface area contributed by atoms with Gasteiger partial charge in [-0.3, -0.25) is 9.59 Å². The Morgan fingerprint density at radius 1 is 1.44 bits per heavy atom. The molecule has 0 aliphatic carbocycles. The molecule has 0 amide bonds. The summed E-state index contributed by atoms with van der Waals surface area (Å²) in [7, 11) is 0. The van der Waals surface area contributed by atoms with Gasteiger partial charge in [-0.25, -0.2) is 4.79 Å². The Hall–Kier alpha value is -1.69. The minimum atomic E-state index is -0.797. The predicted octanol–water partition coefficient (Wildman–Crippen LogP) is 1.57. The van der Waals surface area contributed by atoms with Gasteiger partial charge in [-0.1, -0.05) is 6.07 Å². The van der Waals surface area contributed by atoms with E-state index in [2.05, 4.69) is 4.74 Å². The summed E-state index contributed by atoms with van der Waals surface area (Å²) in [6.07, 6.45) is -0.320. The normalized spacial score (nSPS) is 18.4. The highest BCUT2D eigenvalue weighted by molar-refractivity contribution is 7.12. The second kappa shape index (κ2) is 5.77. The molecule has 0 spiro atoms.